The number of nitrogens with zero attached hydrogens (tertiary/aromatic N) is 1. The van der Waals surface area contributed by atoms with Crippen LogP contribution in [-0.2, 0) is 14.4 Å². The normalized spacial score (nSPS) is 28.9. The van der Waals surface area contributed by atoms with Crippen molar-refractivity contribution in [1.29, 1.82) is 0 Å². The number of aryl methyl sites for hydroxylation is 1. The standard InChI is InChI=1S/C32H29NO3/c1-4-31-24(21-15-8-6-9-16-21)25(22-17-10-7-11-18-22)32(5-2,30(31)36)27-26(31)28(34)33(29(27)35)23-19-13-12-14-20(23)3/h6-19,26-27H,4-5H2,1-3H3/t26-,27+,31-,32-/m1/s1. The highest BCUT2D eigenvalue weighted by molar-refractivity contribution is 6.34. The zero-order valence-corrected chi connectivity index (χ0v) is 20.8. The quantitative estimate of drug-likeness (QED) is 0.419. The fourth-order valence-electron chi connectivity index (χ4n) is 7.51. The second kappa shape index (κ2) is 7.86. The lowest BCUT2D eigenvalue weighted by Gasteiger charge is -2.38. The van der Waals surface area contributed by atoms with Crippen LogP contribution in [0.25, 0.3) is 11.1 Å². The average molecular weight is 476 g/mol. The molecule has 0 unspecified atom stereocenters. The molecule has 4 nitrogen and oxygen atoms in total. The van der Waals surface area contributed by atoms with Crippen molar-refractivity contribution in [2.75, 3.05) is 4.90 Å². The number of carbonyl (C=O) groups excluding carboxylic acids is 3. The Bertz CT molecular complexity index is 1350. The van der Waals surface area contributed by atoms with Gasteiger partial charge in [-0.1, -0.05) is 92.7 Å². The van der Waals surface area contributed by atoms with Crippen LogP contribution >= 0.6 is 0 Å². The van der Waals surface area contributed by atoms with Crippen LogP contribution in [-0.4, -0.2) is 17.6 Å². The zero-order valence-electron chi connectivity index (χ0n) is 20.8. The van der Waals surface area contributed by atoms with E-state index >= 15 is 0 Å². The summed E-state index contributed by atoms with van der Waals surface area (Å²) >= 11 is 0. The van der Waals surface area contributed by atoms with Gasteiger partial charge in [0.2, 0.25) is 11.8 Å². The molecule has 6 rings (SSSR count). The molecule has 0 aromatic heterocycles. The van der Waals surface area contributed by atoms with Gasteiger partial charge in [-0.2, -0.15) is 0 Å². The van der Waals surface area contributed by atoms with Crippen molar-refractivity contribution in [3.05, 3.63) is 102 Å². The predicted molar refractivity (Wildman–Crippen MR) is 141 cm³/mol. The number of hydrogen-bond donors (Lipinski definition) is 0. The molecular formula is C32H29NO3. The SMILES string of the molecule is CC[C@@]12C(=O)[C@](CC)(C(c3ccccc3)=C1c1ccccc1)[C@H]1C(=O)N(c3ccccc3C)C(=O)[C@H]12. The molecule has 2 amide bonds. The molecule has 1 saturated heterocycles. The van der Waals surface area contributed by atoms with Crippen molar-refractivity contribution in [2.24, 2.45) is 22.7 Å². The summed E-state index contributed by atoms with van der Waals surface area (Å²) < 4.78 is 0. The van der Waals surface area contributed by atoms with E-state index in [0.717, 1.165) is 27.8 Å². The highest BCUT2D eigenvalue weighted by atomic mass is 16.2. The van der Waals surface area contributed by atoms with Crippen molar-refractivity contribution >= 4 is 34.4 Å². The topological polar surface area (TPSA) is 54.5 Å². The van der Waals surface area contributed by atoms with E-state index in [-0.39, 0.29) is 17.6 Å². The Kier molecular flexibility index (Phi) is 4.95. The van der Waals surface area contributed by atoms with Crippen LogP contribution in [0.5, 0.6) is 0 Å². The van der Waals surface area contributed by atoms with Crippen molar-refractivity contribution in [3.8, 4) is 0 Å². The predicted octanol–water partition coefficient (Wildman–Crippen LogP) is 6.10. The van der Waals surface area contributed by atoms with Crippen molar-refractivity contribution in [3.63, 3.8) is 0 Å². The molecule has 36 heavy (non-hydrogen) atoms. The van der Waals surface area contributed by atoms with Crippen molar-refractivity contribution in [1.82, 2.24) is 0 Å². The first-order chi connectivity index (χ1) is 17.4. The van der Waals surface area contributed by atoms with E-state index in [2.05, 4.69) is 0 Å². The second-order valence-corrected chi connectivity index (χ2v) is 10.2. The maximum absolute atomic E-state index is 14.7. The Morgan fingerprint density at radius 2 is 1.06 bits per heavy atom. The molecule has 2 bridgehead atoms. The summed E-state index contributed by atoms with van der Waals surface area (Å²) in [6, 6.07) is 27.4. The van der Waals surface area contributed by atoms with Gasteiger partial charge in [0.1, 0.15) is 0 Å². The van der Waals surface area contributed by atoms with Gasteiger partial charge in [-0.05, 0) is 53.7 Å². The summed E-state index contributed by atoms with van der Waals surface area (Å²) in [6.07, 6.45) is 0.936. The minimum absolute atomic E-state index is 0.0406. The Morgan fingerprint density at radius 3 is 1.47 bits per heavy atom. The number of Topliss-reactive ketones (excluding diaryl/α,β-unsaturated/α-hetero) is 1. The number of amides is 2. The highest BCUT2D eigenvalue weighted by Gasteiger charge is 2.80. The third kappa shape index (κ3) is 2.52. The molecular weight excluding hydrogens is 446 g/mol. The van der Waals surface area contributed by atoms with Crippen LogP contribution in [0.15, 0.2) is 84.9 Å². The Labute approximate surface area is 211 Å². The van der Waals surface area contributed by atoms with Gasteiger partial charge in [0.05, 0.1) is 28.4 Å². The summed E-state index contributed by atoms with van der Waals surface area (Å²) in [7, 11) is 0. The average Bonchev–Trinajstić information content (AvgIpc) is 3.41. The molecule has 1 heterocycles. The summed E-state index contributed by atoms with van der Waals surface area (Å²) in [5.74, 6) is -1.86. The lowest BCUT2D eigenvalue weighted by molar-refractivity contribution is -0.134. The van der Waals surface area contributed by atoms with Gasteiger partial charge in [0.15, 0.2) is 5.78 Å². The van der Waals surface area contributed by atoms with E-state index in [9.17, 15) is 14.4 Å². The molecule has 4 heteroatoms. The van der Waals surface area contributed by atoms with E-state index < -0.39 is 22.7 Å². The van der Waals surface area contributed by atoms with Gasteiger partial charge in [0.25, 0.3) is 0 Å². The third-order valence-corrected chi connectivity index (χ3v) is 8.92. The van der Waals surface area contributed by atoms with E-state index in [0.29, 0.717) is 18.5 Å². The van der Waals surface area contributed by atoms with Crippen LogP contribution < -0.4 is 4.90 Å². The molecule has 4 atom stereocenters. The van der Waals surface area contributed by atoms with Crippen LogP contribution in [0.1, 0.15) is 43.4 Å². The highest BCUT2D eigenvalue weighted by Crippen LogP contribution is 2.75. The Balaban J connectivity index is 1.69. The fraction of sp³-hybridized carbons (Fsp3) is 0.281. The first-order valence-corrected chi connectivity index (χ1v) is 12.8. The molecule has 0 spiro atoms. The number of benzene rings is 3. The maximum atomic E-state index is 14.7. The molecule has 0 radical (unpaired) electrons. The molecule has 0 N–H and O–H groups in total. The summed E-state index contributed by atoms with van der Waals surface area (Å²) in [5.41, 5.74) is 3.16. The Morgan fingerprint density at radius 1 is 0.639 bits per heavy atom. The number of allylic oxidation sites excluding steroid dienone is 2. The fourth-order valence-corrected chi connectivity index (χ4v) is 7.51. The van der Waals surface area contributed by atoms with Crippen LogP contribution in [0.3, 0.4) is 0 Å². The smallest absolute Gasteiger partial charge is 0.239 e. The van der Waals surface area contributed by atoms with E-state index in [1.807, 2.05) is 106 Å². The molecule has 3 aliphatic rings. The van der Waals surface area contributed by atoms with Gasteiger partial charge in [-0.25, -0.2) is 4.90 Å². The lowest BCUT2D eigenvalue weighted by Crippen LogP contribution is -2.42. The number of fused-ring (bicyclic) bond motifs is 5. The van der Waals surface area contributed by atoms with E-state index in [1.54, 1.807) is 0 Å². The van der Waals surface area contributed by atoms with Crippen LogP contribution in [0.4, 0.5) is 5.69 Å². The number of carbonyl (C=O) groups is 3. The van der Waals surface area contributed by atoms with E-state index in [1.165, 1.54) is 4.90 Å². The number of hydrogen-bond acceptors (Lipinski definition) is 3. The zero-order chi connectivity index (χ0) is 25.2. The lowest BCUT2D eigenvalue weighted by atomic mass is 9.60. The van der Waals surface area contributed by atoms with Crippen molar-refractivity contribution in [2.45, 2.75) is 33.6 Å². The molecule has 3 aromatic rings. The third-order valence-electron chi connectivity index (χ3n) is 8.92. The summed E-state index contributed by atoms with van der Waals surface area (Å²) in [5, 5.41) is 0. The largest absolute Gasteiger partial charge is 0.298 e. The molecule has 1 saturated carbocycles. The monoisotopic (exact) mass is 475 g/mol. The van der Waals surface area contributed by atoms with Crippen molar-refractivity contribution < 1.29 is 14.4 Å². The molecule has 3 aromatic carbocycles. The number of para-hydroxylation sites is 1. The van der Waals surface area contributed by atoms with Gasteiger partial charge >= 0.3 is 0 Å². The summed E-state index contributed by atoms with van der Waals surface area (Å²) in [6.45, 7) is 5.90. The van der Waals surface area contributed by atoms with E-state index in [4.69, 9.17) is 0 Å². The number of ketones is 1. The number of rotatable bonds is 5. The van der Waals surface area contributed by atoms with Gasteiger partial charge < -0.3 is 0 Å². The minimum atomic E-state index is -1.04. The molecule has 1 aliphatic heterocycles. The van der Waals surface area contributed by atoms with Crippen LogP contribution in [0, 0.1) is 29.6 Å². The first kappa shape index (κ1) is 22.7. The molecule has 180 valence electrons. The first-order valence-electron chi connectivity index (χ1n) is 12.8. The minimum Gasteiger partial charge on any atom is -0.298 e. The number of anilines is 1. The molecule has 2 aliphatic carbocycles. The summed E-state index contributed by atoms with van der Waals surface area (Å²) in [4.78, 5) is 44.6. The number of imide groups is 1. The second-order valence-electron chi connectivity index (χ2n) is 10.2. The molecule has 2 fully saturated rings. The Hall–Kier alpha value is -3.79. The van der Waals surface area contributed by atoms with Gasteiger partial charge in [-0.3, -0.25) is 14.4 Å². The van der Waals surface area contributed by atoms with Gasteiger partial charge in [0, 0.05) is 0 Å². The maximum Gasteiger partial charge on any atom is 0.239 e. The van der Waals surface area contributed by atoms with Gasteiger partial charge in [-0.15, -0.1) is 0 Å². The van der Waals surface area contributed by atoms with Crippen LogP contribution in [0.2, 0.25) is 0 Å².